The van der Waals surface area contributed by atoms with Crippen molar-refractivity contribution >= 4 is 23.2 Å². The highest BCUT2D eigenvalue weighted by Gasteiger charge is 2.28. The lowest BCUT2D eigenvalue weighted by atomic mass is 9.92. The van der Waals surface area contributed by atoms with Crippen molar-refractivity contribution in [2.24, 2.45) is 0 Å². The minimum Gasteiger partial charge on any atom is -0.373 e. The number of carbonyl (C=O) groups is 1. The number of Topliss-reactive ketones (excluding diaryl/α,β-unsaturated/α-hetero) is 1. The molecule has 0 aliphatic heterocycles. The summed E-state index contributed by atoms with van der Waals surface area (Å²) in [5, 5.41) is 3.36. The maximum absolute atomic E-state index is 12.7. The molecule has 0 spiro atoms. The minimum absolute atomic E-state index is 0.0957. The van der Waals surface area contributed by atoms with Gasteiger partial charge in [0.25, 0.3) is 0 Å². The zero-order valence-corrected chi connectivity index (χ0v) is 13.8. The Labute approximate surface area is 131 Å². The Morgan fingerprint density at radius 3 is 2.24 bits per heavy atom. The SMILES string of the molecule is CSc1ccc(C(=O)C(C)(C)Nc2ccccc2C)cc1. The van der Waals surface area contributed by atoms with Crippen LogP contribution < -0.4 is 5.32 Å². The fourth-order valence-electron chi connectivity index (χ4n) is 2.21. The molecule has 0 amide bonds. The summed E-state index contributed by atoms with van der Waals surface area (Å²) in [4.78, 5) is 13.9. The Morgan fingerprint density at radius 1 is 1.05 bits per heavy atom. The lowest BCUT2D eigenvalue weighted by Gasteiger charge is -2.27. The van der Waals surface area contributed by atoms with E-state index in [1.54, 1.807) is 11.8 Å². The van der Waals surface area contributed by atoms with Gasteiger partial charge >= 0.3 is 0 Å². The van der Waals surface area contributed by atoms with E-state index in [1.807, 2.05) is 75.6 Å². The summed E-state index contributed by atoms with van der Waals surface area (Å²) < 4.78 is 0. The van der Waals surface area contributed by atoms with Crippen molar-refractivity contribution in [3.05, 3.63) is 59.7 Å². The van der Waals surface area contributed by atoms with Gasteiger partial charge < -0.3 is 5.32 Å². The molecule has 0 aromatic heterocycles. The average Bonchev–Trinajstić information content (AvgIpc) is 2.49. The van der Waals surface area contributed by atoms with Gasteiger partial charge in [-0.15, -0.1) is 11.8 Å². The van der Waals surface area contributed by atoms with Crippen molar-refractivity contribution in [2.75, 3.05) is 11.6 Å². The van der Waals surface area contributed by atoms with Gasteiger partial charge in [-0.2, -0.15) is 0 Å². The Hall–Kier alpha value is -1.74. The van der Waals surface area contributed by atoms with Crippen molar-refractivity contribution in [3.63, 3.8) is 0 Å². The zero-order valence-electron chi connectivity index (χ0n) is 12.9. The smallest absolute Gasteiger partial charge is 0.187 e. The minimum atomic E-state index is -0.646. The van der Waals surface area contributed by atoms with Crippen LogP contribution in [0, 0.1) is 6.92 Å². The van der Waals surface area contributed by atoms with E-state index in [-0.39, 0.29) is 5.78 Å². The molecule has 0 heterocycles. The molecule has 2 nitrogen and oxygen atoms in total. The summed E-state index contributed by atoms with van der Waals surface area (Å²) in [6, 6.07) is 15.8. The highest BCUT2D eigenvalue weighted by Crippen LogP contribution is 2.23. The second kappa shape index (κ2) is 6.35. The Kier molecular flexibility index (Phi) is 4.73. The number of benzene rings is 2. The number of aryl methyl sites for hydroxylation is 1. The first-order valence-corrected chi connectivity index (χ1v) is 8.19. The molecule has 0 unspecified atom stereocenters. The van der Waals surface area contributed by atoms with Crippen molar-refractivity contribution < 1.29 is 4.79 Å². The summed E-state index contributed by atoms with van der Waals surface area (Å²) in [6.45, 7) is 5.88. The molecule has 21 heavy (non-hydrogen) atoms. The molecule has 3 heteroatoms. The first-order valence-electron chi connectivity index (χ1n) is 6.97. The van der Waals surface area contributed by atoms with Gasteiger partial charge in [0.1, 0.15) is 0 Å². The summed E-state index contributed by atoms with van der Waals surface area (Å²) in [6.07, 6.45) is 2.03. The molecule has 1 N–H and O–H groups in total. The highest BCUT2D eigenvalue weighted by molar-refractivity contribution is 7.98. The molecule has 2 aromatic rings. The molecule has 0 aliphatic rings. The molecule has 0 saturated carbocycles. The molecule has 0 atom stereocenters. The van der Waals surface area contributed by atoms with Crippen molar-refractivity contribution in [2.45, 2.75) is 31.2 Å². The summed E-state index contributed by atoms with van der Waals surface area (Å²) in [5.74, 6) is 0.0957. The Balaban J connectivity index is 2.21. The summed E-state index contributed by atoms with van der Waals surface area (Å²) in [7, 11) is 0. The third-order valence-corrected chi connectivity index (χ3v) is 4.26. The number of hydrogen-bond donors (Lipinski definition) is 1. The van der Waals surface area contributed by atoms with Crippen LogP contribution in [0.1, 0.15) is 29.8 Å². The first kappa shape index (κ1) is 15.6. The van der Waals surface area contributed by atoms with Gasteiger partial charge in [-0.3, -0.25) is 4.79 Å². The first-order chi connectivity index (χ1) is 9.94. The number of para-hydroxylation sites is 1. The van der Waals surface area contributed by atoms with Gasteiger partial charge in [-0.1, -0.05) is 30.3 Å². The number of thioether (sulfide) groups is 1. The van der Waals surface area contributed by atoms with E-state index in [0.717, 1.165) is 21.7 Å². The second-order valence-corrected chi connectivity index (χ2v) is 6.50. The van der Waals surface area contributed by atoms with E-state index in [9.17, 15) is 4.79 Å². The molecule has 2 rings (SSSR count). The van der Waals surface area contributed by atoms with Gasteiger partial charge in [0, 0.05) is 16.1 Å². The molecular weight excluding hydrogens is 278 g/mol. The van der Waals surface area contributed by atoms with Crippen molar-refractivity contribution in [1.29, 1.82) is 0 Å². The number of rotatable bonds is 5. The predicted molar refractivity (Wildman–Crippen MR) is 91.4 cm³/mol. The van der Waals surface area contributed by atoms with Crippen LogP contribution in [0.3, 0.4) is 0 Å². The monoisotopic (exact) mass is 299 g/mol. The molecule has 110 valence electrons. The molecule has 0 aliphatic carbocycles. The Morgan fingerprint density at radius 2 is 1.67 bits per heavy atom. The van der Waals surface area contributed by atoms with Gasteiger partial charge in [-0.25, -0.2) is 0 Å². The van der Waals surface area contributed by atoms with E-state index in [2.05, 4.69) is 5.32 Å². The topological polar surface area (TPSA) is 29.1 Å². The van der Waals surface area contributed by atoms with Crippen LogP contribution in [-0.2, 0) is 0 Å². The molecule has 0 radical (unpaired) electrons. The number of ketones is 1. The van der Waals surface area contributed by atoms with E-state index >= 15 is 0 Å². The average molecular weight is 299 g/mol. The lowest BCUT2D eigenvalue weighted by Crippen LogP contribution is -2.40. The van der Waals surface area contributed by atoms with E-state index in [0.29, 0.717) is 0 Å². The molecule has 0 fully saturated rings. The maximum atomic E-state index is 12.7. The maximum Gasteiger partial charge on any atom is 0.187 e. The van der Waals surface area contributed by atoms with E-state index in [4.69, 9.17) is 0 Å². The van der Waals surface area contributed by atoms with Crippen LogP contribution in [-0.4, -0.2) is 17.6 Å². The van der Waals surface area contributed by atoms with Gasteiger partial charge in [-0.05, 0) is 50.8 Å². The van der Waals surface area contributed by atoms with Crippen LogP contribution in [0.25, 0.3) is 0 Å². The molecular formula is C18H21NOS. The predicted octanol–water partition coefficient (Wildman–Crippen LogP) is 4.79. The normalized spacial score (nSPS) is 11.2. The van der Waals surface area contributed by atoms with Gasteiger partial charge in [0.2, 0.25) is 0 Å². The van der Waals surface area contributed by atoms with E-state index < -0.39 is 5.54 Å². The van der Waals surface area contributed by atoms with Gasteiger partial charge in [0.15, 0.2) is 5.78 Å². The number of anilines is 1. The molecule has 0 saturated heterocycles. The standard InChI is InChI=1S/C18H21NOS/c1-13-7-5-6-8-16(13)19-18(2,3)17(20)14-9-11-15(21-4)12-10-14/h5-12,19H,1-4H3. The molecule has 0 bridgehead atoms. The van der Waals surface area contributed by atoms with Crippen LogP contribution in [0.4, 0.5) is 5.69 Å². The quantitative estimate of drug-likeness (QED) is 0.635. The molecule has 2 aromatic carbocycles. The lowest BCUT2D eigenvalue weighted by molar-refractivity contribution is 0.0927. The van der Waals surface area contributed by atoms with Crippen molar-refractivity contribution in [1.82, 2.24) is 0 Å². The number of carbonyl (C=O) groups excluding carboxylic acids is 1. The summed E-state index contributed by atoms with van der Waals surface area (Å²) in [5.41, 5.74) is 2.22. The van der Waals surface area contributed by atoms with Crippen molar-refractivity contribution in [3.8, 4) is 0 Å². The van der Waals surface area contributed by atoms with Gasteiger partial charge in [0.05, 0.1) is 5.54 Å². The van der Waals surface area contributed by atoms with E-state index in [1.165, 1.54) is 0 Å². The zero-order chi connectivity index (χ0) is 15.5. The second-order valence-electron chi connectivity index (χ2n) is 5.62. The van der Waals surface area contributed by atoms with Crippen LogP contribution in [0.5, 0.6) is 0 Å². The third kappa shape index (κ3) is 3.67. The fraction of sp³-hybridized carbons (Fsp3) is 0.278. The highest BCUT2D eigenvalue weighted by atomic mass is 32.2. The van der Waals surface area contributed by atoms with Crippen LogP contribution in [0.15, 0.2) is 53.4 Å². The largest absolute Gasteiger partial charge is 0.373 e. The van der Waals surface area contributed by atoms with Crippen LogP contribution >= 0.6 is 11.8 Å². The van der Waals surface area contributed by atoms with Crippen LogP contribution in [0.2, 0.25) is 0 Å². The Bertz CT molecular complexity index is 632. The third-order valence-electron chi connectivity index (χ3n) is 3.51. The summed E-state index contributed by atoms with van der Waals surface area (Å²) >= 11 is 1.67. The number of nitrogens with one attached hydrogen (secondary N) is 1. The fourth-order valence-corrected chi connectivity index (χ4v) is 2.62. The number of hydrogen-bond acceptors (Lipinski definition) is 3.